The highest BCUT2D eigenvalue weighted by atomic mass is 32.2. The molecule has 0 atom stereocenters. The third kappa shape index (κ3) is 5.15. The van der Waals surface area contributed by atoms with Crippen molar-refractivity contribution in [1.29, 1.82) is 0 Å². The number of halogens is 1. The minimum atomic E-state index is -3.93. The number of sulfonamides is 1. The van der Waals surface area contributed by atoms with E-state index in [4.69, 9.17) is 4.74 Å². The van der Waals surface area contributed by atoms with Gasteiger partial charge in [0.2, 0.25) is 15.9 Å². The Bertz CT molecular complexity index is 882. The van der Waals surface area contributed by atoms with E-state index in [0.717, 1.165) is 17.7 Å². The third-order valence-corrected chi connectivity index (χ3v) is 6.48. The van der Waals surface area contributed by atoms with Gasteiger partial charge in [0.25, 0.3) is 0 Å². The third-order valence-electron chi connectivity index (χ3n) is 4.62. The Balaban J connectivity index is 1.80. The minimum Gasteiger partial charge on any atom is -0.378 e. The van der Waals surface area contributed by atoms with Crippen LogP contribution < -0.4 is 0 Å². The second-order valence-corrected chi connectivity index (χ2v) is 8.46. The Morgan fingerprint density at radius 2 is 1.68 bits per heavy atom. The highest BCUT2D eigenvalue weighted by Gasteiger charge is 2.29. The Morgan fingerprint density at radius 1 is 1.04 bits per heavy atom. The summed E-state index contributed by atoms with van der Waals surface area (Å²) in [5, 5.41) is 0. The molecule has 0 aliphatic carbocycles. The normalized spacial score (nSPS) is 15.0. The van der Waals surface area contributed by atoms with Gasteiger partial charge in [0.05, 0.1) is 24.7 Å². The molecule has 1 heterocycles. The van der Waals surface area contributed by atoms with E-state index in [1.807, 2.05) is 30.3 Å². The van der Waals surface area contributed by atoms with Crippen molar-refractivity contribution in [3.63, 3.8) is 0 Å². The molecule has 0 unspecified atom stereocenters. The van der Waals surface area contributed by atoms with Gasteiger partial charge in [0, 0.05) is 19.6 Å². The van der Waals surface area contributed by atoms with E-state index < -0.39 is 15.8 Å². The quantitative estimate of drug-likeness (QED) is 0.705. The molecule has 0 bridgehead atoms. The summed E-state index contributed by atoms with van der Waals surface area (Å²) >= 11 is 0. The fraction of sp³-hybridized carbons (Fsp3) is 0.350. The van der Waals surface area contributed by atoms with E-state index in [0.29, 0.717) is 32.7 Å². The maximum Gasteiger partial charge on any atom is 0.243 e. The lowest BCUT2D eigenvalue weighted by Gasteiger charge is -2.29. The van der Waals surface area contributed by atoms with E-state index in [2.05, 4.69) is 0 Å². The topological polar surface area (TPSA) is 66.9 Å². The van der Waals surface area contributed by atoms with Crippen LogP contribution in [0.1, 0.15) is 5.56 Å². The first-order chi connectivity index (χ1) is 13.5. The van der Waals surface area contributed by atoms with Crippen molar-refractivity contribution in [2.24, 2.45) is 0 Å². The number of carbonyl (C=O) groups excluding carboxylic acids is 1. The fourth-order valence-electron chi connectivity index (χ4n) is 3.00. The Kier molecular flexibility index (Phi) is 6.77. The first-order valence-electron chi connectivity index (χ1n) is 9.12. The van der Waals surface area contributed by atoms with Gasteiger partial charge < -0.3 is 9.64 Å². The number of rotatable bonds is 7. The van der Waals surface area contributed by atoms with Crippen LogP contribution in [-0.2, 0) is 26.0 Å². The van der Waals surface area contributed by atoms with Gasteiger partial charge in [-0.2, -0.15) is 4.31 Å². The second kappa shape index (κ2) is 9.27. The van der Waals surface area contributed by atoms with Crippen molar-refractivity contribution in [2.45, 2.75) is 11.3 Å². The maximum atomic E-state index is 13.2. The average molecular weight is 406 g/mol. The number of morpholine rings is 1. The van der Waals surface area contributed by atoms with Crippen LogP contribution in [0.5, 0.6) is 0 Å². The molecule has 1 saturated heterocycles. The van der Waals surface area contributed by atoms with Gasteiger partial charge >= 0.3 is 0 Å². The number of benzene rings is 2. The van der Waals surface area contributed by atoms with Crippen molar-refractivity contribution in [2.75, 3.05) is 39.4 Å². The summed E-state index contributed by atoms with van der Waals surface area (Å²) in [7, 11) is -3.93. The predicted molar refractivity (Wildman–Crippen MR) is 103 cm³/mol. The van der Waals surface area contributed by atoms with Crippen molar-refractivity contribution < 1.29 is 22.3 Å². The molecule has 6 nitrogen and oxygen atoms in total. The molecule has 1 amide bonds. The lowest BCUT2D eigenvalue weighted by atomic mass is 10.1. The molecular weight excluding hydrogens is 383 g/mol. The Hall–Kier alpha value is -2.29. The summed E-state index contributed by atoms with van der Waals surface area (Å²) < 4.78 is 45.8. The largest absolute Gasteiger partial charge is 0.378 e. The number of hydrogen-bond donors (Lipinski definition) is 0. The van der Waals surface area contributed by atoms with Crippen LogP contribution in [0.2, 0.25) is 0 Å². The van der Waals surface area contributed by atoms with Crippen LogP contribution in [0, 0.1) is 5.82 Å². The summed E-state index contributed by atoms with van der Waals surface area (Å²) in [5.41, 5.74) is 0.973. The van der Waals surface area contributed by atoms with Crippen molar-refractivity contribution in [3.8, 4) is 0 Å². The molecule has 0 spiro atoms. The predicted octanol–water partition coefficient (Wildman–Crippen LogP) is 1.92. The molecular formula is C20H23FN2O4S. The summed E-state index contributed by atoms with van der Waals surface area (Å²) in [4.78, 5) is 14.2. The number of nitrogens with zero attached hydrogens (tertiary/aromatic N) is 2. The lowest BCUT2D eigenvalue weighted by Crippen LogP contribution is -2.47. The van der Waals surface area contributed by atoms with Crippen LogP contribution in [0.25, 0.3) is 0 Å². The number of hydrogen-bond acceptors (Lipinski definition) is 4. The average Bonchev–Trinajstić information content (AvgIpc) is 2.72. The molecule has 8 heteroatoms. The standard InChI is InChI=1S/C20H23FN2O4S/c21-18-6-8-19(9-7-18)28(25,26)23(11-10-17-4-2-1-3-5-17)16-20(24)22-12-14-27-15-13-22/h1-9H,10-16H2. The summed E-state index contributed by atoms with van der Waals surface area (Å²) in [6, 6.07) is 14.1. The molecule has 28 heavy (non-hydrogen) atoms. The zero-order valence-electron chi connectivity index (χ0n) is 15.5. The Morgan fingerprint density at radius 3 is 2.32 bits per heavy atom. The molecule has 2 aromatic rings. The minimum absolute atomic E-state index is 0.0308. The molecule has 0 N–H and O–H groups in total. The molecule has 0 saturated carbocycles. The molecule has 1 fully saturated rings. The lowest BCUT2D eigenvalue weighted by molar-refractivity contribution is -0.135. The highest BCUT2D eigenvalue weighted by molar-refractivity contribution is 7.89. The van der Waals surface area contributed by atoms with E-state index in [-0.39, 0.29) is 23.9 Å². The van der Waals surface area contributed by atoms with Gasteiger partial charge in [-0.25, -0.2) is 12.8 Å². The van der Waals surface area contributed by atoms with Gasteiger partial charge in [-0.05, 0) is 36.2 Å². The summed E-state index contributed by atoms with van der Waals surface area (Å²) in [6.07, 6.45) is 0.470. The fourth-order valence-corrected chi connectivity index (χ4v) is 4.39. The van der Waals surface area contributed by atoms with Gasteiger partial charge in [-0.3, -0.25) is 4.79 Å². The number of ether oxygens (including phenoxy) is 1. The van der Waals surface area contributed by atoms with Crippen LogP contribution in [-0.4, -0.2) is 62.9 Å². The van der Waals surface area contributed by atoms with E-state index in [9.17, 15) is 17.6 Å². The monoisotopic (exact) mass is 406 g/mol. The second-order valence-electron chi connectivity index (χ2n) is 6.52. The van der Waals surface area contributed by atoms with E-state index in [1.165, 1.54) is 16.4 Å². The molecule has 1 aliphatic heterocycles. The Labute approximate surface area is 164 Å². The van der Waals surface area contributed by atoms with Crippen LogP contribution in [0.3, 0.4) is 0 Å². The zero-order valence-corrected chi connectivity index (χ0v) is 16.3. The smallest absolute Gasteiger partial charge is 0.243 e. The van der Waals surface area contributed by atoms with Gasteiger partial charge in [-0.1, -0.05) is 30.3 Å². The first-order valence-corrected chi connectivity index (χ1v) is 10.6. The van der Waals surface area contributed by atoms with Crippen molar-refractivity contribution in [1.82, 2.24) is 9.21 Å². The highest BCUT2D eigenvalue weighted by Crippen LogP contribution is 2.17. The molecule has 1 aliphatic rings. The first kappa shape index (κ1) is 20.4. The van der Waals surface area contributed by atoms with Crippen LogP contribution >= 0.6 is 0 Å². The maximum absolute atomic E-state index is 13.2. The van der Waals surface area contributed by atoms with Crippen molar-refractivity contribution >= 4 is 15.9 Å². The molecule has 0 radical (unpaired) electrons. The SMILES string of the molecule is O=C(CN(CCc1ccccc1)S(=O)(=O)c1ccc(F)cc1)N1CCOCC1. The molecule has 0 aromatic heterocycles. The summed E-state index contributed by atoms with van der Waals surface area (Å²) in [6.45, 7) is 1.68. The number of carbonyl (C=O) groups is 1. The van der Waals surface area contributed by atoms with E-state index >= 15 is 0 Å². The molecule has 150 valence electrons. The van der Waals surface area contributed by atoms with Crippen molar-refractivity contribution in [3.05, 3.63) is 66.0 Å². The van der Waals surface area contributed by atoms with Gasteiger partial charge in [0.1, 0.15) is 5.82 Å². The number of amides is 1. The van der Waals surface area contributed by atoms with Gasteiger partial charge in [0.15, 0.2) is 0 Å². The van der Waals surface area contributed by atoms with Crippen LogP contribution in [0.4, 0.5) is 4.39 Å². The van der Waals surface area contributed by atoms with E-state index in [1.54, 1.807) is 4.90 Å². The van der Waals surface area contributed by atoms with Gasteiger partial charge in [-0.15, -0.1) is 0 Å². The zero-order chi connectivity index (χ0) is 20.0. The summed E-state index contributed by atoms with van der Waals surface area (Å²) in [5.74, 6) is -0.777. The molecule has 2 aromatic carbocycles. The van der Waals surface area contributed by atoms with Crippen LogP contribution in [0.15, 0.2) is 59.5 Å². The molecule has 3 rings (SSSR count).